The van der Waals surface area contributed by atoms with Gasteiger partial charge in [0.15, 0.2) is 0 Å². The Morgan fingerprint density at radius 2 is 1.90 bits per heavy atom. The Labute approximate surface area is 126 Å². The Kier molecular flexibility index (Phi) is 4.76. The summed E-state index contributed by atoms with van der Waals surface area (Å²) in [6.07, 6.45) is 4.51. The summed E-state index contributed by atoms with van der Waals surface area (Å²) in [5.74, 6) is -0.997. The molecule has 0 spiro atoms. The number of carbonyl (C=O) groups is 2. The maximum atomic E-state index is 12.1. The van der Waals surface area contributed by atoms with E-state index in [0.717, 1.165) is 25.9 Å². The Morgan fingerprint density at radius 3 is 2.52 bits per heavy atom. The van der Waals surface area contributed by atoms with Gasteiger partial charge in [-0.3, -0.25) is 4.90 Å². The largest absolute Gasteiger partial charge is 0.480 e. The summed E-state index contributed by atoms with van der Waals surface area (Å²) in [5, 5.41) is 14.8. The number of nitrogens with zero attached hydrogens (tertiary/aromatic N) is 1. The van der Waals surface area contributed by atoms with Crippen molar-refractivity contribution in [1.82, 2.24) is 15.5 Å². The van der Waals surface area contributed by atoms with E-state index in [1.54, 1.807) is 0 Å². The third-order valence-electron chi connectivity index (χ3n) is 4.56. The van der Waals surface area contributed by atoms with E-state index in [1.165, 1.54) is 12.8 Å². The second-order valence-corrected chi connectivity index (χ2v) is 7.25. The molecule has 3 N–H and O–H groups in total. The molecule has 0 aromatic heterocycles. The molecule has 6 heteroatoms. The Morgan fingerprint density at radius 1 is 1.19 bits per heavy atom. The van der Waals surface area contributed by atoms with E-state index >= 15 is 0 Å². The molecule has 2 fully saturated rings. The van der Waals surface area contributed by atoms with Gasteiger partial charge in [0.25, 0.3) is 0 Å². The van der Waals surface area contributed by atoms with E-state index in [-0.39, 0.29) is 12.1 Å². The molecule has 2 heterocycles. The quantitative estimate of drug-likeness (QED) is 0.735. The van der Waals surface area contributed by atoms with Gasteiger partial charge in [-0.05, 0) is 31.2 Å². The minimum atomic E-state index is -0.997. The predicted molar refractivity (Wildman–Crippen MR) is 80.2 cm³/mol. The zero-order valence-electron chi connectivity index (χ0n) is 13.2. The van der Waals surface area contributed by atoms with Crippen molar-refractivity contribution in [3.05, 3.63) is 0 Å². The molecule has 6 nitrogen and oxygen atoms in total. The van der Waals surface area contributed by atoms with Gasteiger partial charge in [-0.15, -0.1) is 0 Å². The van der Waals surface area contributed by atoms with Gasteiger partial charge in [0.05, 0.1) is 0 Å². The fourth-order valence-electron chi connectivity index (χ4n) is 3.41. The lowest BCUT2D eigenvalue weighted by molar-refractivity contribution is -0.141. The van der Waals surface area contributed by atoms with Crippen LogP contribution in [-0.4, -0.2) is 53.2 Å². The van der Waals surface area contributed by atoms with Crippen molar-refractivity contribution >= 4 is 12.0 Å². The zero-order chi connectivity index (χ0) is 15.6. The maximum absolute atomic E-state index is 12.1. The molecule has 2 rings (SSSR count). The summed E-state index contributed by atoms with van der Waals surface area (Å²) >= 11 is 0. The van der Waals surface area contributed by atoms with E-state index in [4.69, 9.17) is 0 Å². The number of rotatable bonds is 3. The van der Waals surface area contributed by atoms with Crippen LogP contribution in [0.1, 0.15) is 46.5 Å². The van der Waals surface area contributed by atoms with Crippen LogP contribution in [0, 0.1) is 5.41 Å². The van der Waals surface area contributed by atoms with Gasteiger partial charge in [-0.25, -0.2) is 9.59 Å². The maximum Gasteiger partial charge on any atom is 0.326 e. The van der Waals surface area contributed by atoms with Gasteiger partial charge >= 0.3 is 12.0 Å². The smallest absolute Gasteiger partial charge is 0.326 e. The lowest BCUT2D eigenvalue weighted by Crippen LogP contribution is -2.56. The SMILES string of the molecule is CC(C)(C)C(NC(=O)NC1CCN2CCCCC12)C(=O)O. The van der Waals surface area contributed by atoms with Crippen LogP contribution in [0.25, 0.3) is 0 Å². The molecule has 0 radical (unpaired) electrons. The van der Waals surface area contributed by atoms with Crippen LogP contribution in [-0.2, 0) is 4.79 Å². The number of aliphatic carboxylic acids is 1. The van der Waals surface area contributed by atoms with E-state index in [9.17, 15) is 14.7 Å². The van der Waals surface area contributed by atoms with Crippen LogP contribution in [0.3, 0.4) is 0 Å². The molecular weight excluding hydrogens is 270 g/mol. The second kappa shape index (κ2) is 6.22. The third kappa shape index (κ3) is 3.87. The van der Waals surface area contributed by atoms with Gasteiger partial charge in [0.2, 0.25) is 0 Å². The average molecular weight is 297 g/mol. The summed E-state index contributed by atoms with van der Waals surface area (Å²) in [6, 6.07) is -0.696. The first-order chi connectivity index (χ1) is 9.79. The molecule has 2 aliphatic heterocycles. The number of hydrogen-bond donors (Lipinski definition) is 3. The Bertz CT molecular complexity index is 405. The number of fused-ring (bicyclic) bond motifs is 1. The fraction of sp³-hybridized carbons (Fsp3) is 0.867. The number of nitrogens with one attached hydrogen (secondary N) is 2. The van der Waals surface area contributed by atoms with Crippen LogP contribution in [0.15, 0.2) is 0 Å². The number of carboxylic acid groups (broad SMARTS) is 1. The normalized spacial score (nSPS) is 27.8. The molecule has 0 aromatic carbocycles. The topological polar surface area (TPSA) is 81.7 Å². The fourth-order valence-corrected chi connectivity index (χ4v) is 3.41. The summed E-state index contributed by atoms with van der Waals surface area (Å²) in [5.41, 5.74) is -0.518. The predicted octanol–water partition coefficient (Wildman–Crippen LogP) is 1.41. The minimum Gasteiger partial charge on any atom is -0.480 e. The summed E-state index contributed by atoms with van der Waals surface area (Å²) in [7, 11) is 0. The molecule has 0 saturated carbocycles. The molecule has 2 aliphatic rings. The van der Waals surface area contributed by atoms with Crippen LogP contribution >= 0.6 is 0 Å². The van der Waals surface area contributed by atoms with Crippen molar-refractivity contribution < 1.29 is 14.7 Å². The molecule has 120 valence electrons. The lowest BCUT2D eigenvalue weighted by atomic mass is 9.87. The number of amides is 2. The summed E-state index contributed by atoms with van der Waals surface area (Å²) in [4.78, 5) is 25.9. The summed E-state index contributed by atoms with van der Waals surface area (Å²) in [6.45, 7) is 7.57. The standard InChI is InChI=1S/C15H27N3O3/c1-15(2,3)12(13(19)20)17-14(21)16-10-7-9-18-8-5-4-6-11(10)18/h10-12H,4-9H2,1-3H3,(H,19,20)(H2,16,17,21). The molecule has 3 unspecified atom stereocenters. The Hall–Kier alpha value is -1.30. The third-order valence-corrected chi connectivity index (χ3v) is 4.56. The monoisotopic (exact) mass is 297 g/mol. The zero-order valence-corrected chi connectivity index (χ0v) is 13.2. The van der Waals surface area contributed by atoms with Gasteiger partial charge in [0.1, 0.15) is 6.04 Å². The van der Waals surface area contributed by atoms with Crippen LogP contribution < -0.4 is 10.6 Å². The number of carbonyl (C=O) groups excluding carboxylic acids is 1. The molecule has 0 aromatic rings. The number of carboxylic acids is 1. The van der Waals surface area contributed by atoms with Crippen molar-refractivity contribution in [2.24, 2.45) is 5.41 Å². The Balaban J connectivity index is 1.91. The van der Waals surface area contributed by atoms with E-state index in [1.807, 2.05) is 20.8 Å². The van der Waals surface area contributed by atoms with Gasteiger partial charge in [0, 0.05) is 18.6 Å². The van der Waals surface area contributed by atoms with Crippen molar-refractivity contribution in [1.29, 1.82) is 0 Å². The number of hydrogen-bond acceptors (Lipinski definition) is 3. The highest BCUT2D eigenvalue weighted by atomic mass is 16.4. The molecule has 0 bridgehead atoms. The highest BCUT2D eigenvalue weighted by Crippen LogP contribution is 2.27. The molecule has 2 saturated heterocycles. The van der Waals surface area contributed by atoms with E-state index in [2.05, 4.69) is 15.5 Å². The van der Waals surface area contributed by atoms with Crippen molar-refractivity contribution in [2.75, 3.05) is 13.1 Å². The molecule has 21 heavy (non-hydrogen) atoms. The van der Waals surface area contributed by atoms with E-state index in [0.29, 0.717) is 6.04 Å². The van der Waals surface area contributed by atoms with E-state index < -0.39 is 17.4 Å². The minimum absolute atomic E-state index is 0.139. The van der Waals surface area contributed by atoms with Crippen molar-refractivity contribution in [2.45, 2.75) is 64.6 Å². The molecular formula is C15H27N3O3. The van der Waals surface area contributed by atoms with Crippen LogP contribution in [0.4, 0.5) is 4.79 Å². The number of piperidine rings is 1. The van der Waals surface area contributed by atoms with Crippen LogP contribution in [0.2, 0.25) is 0 Å². The van der Waals surface area contributed by atoms with Crippen molar-refractivity contribution in [3.63, 3.8) is 0 Å². The van der Waals surface area contributed by atoms with Gasteiger partial charge in [-0.1, -0.05) is 27.2 Å². The van der Waals surface area contributed by atoms with Gasteiger partial charge in [-0.2, -0.15) is 0 Å². The highest BCUT2D eigenvalue weighted by Gasteiger charge is 2.38. The number of urea groups is 1. The van der Waals surface area contributed by atoms with Crippen molar-refractivity contribution in [3.8, 4) is 0 Å². The first-order valence-electron chi connectivity index (χ1n) is 7.83. The lowest BCUT2D eigenvalue weighted by Gasteiger charge is -2.33. The summed E-state index contributed by atoms with van der Waals surface area (Å²) < 4.78 is 0. The van der Waals surface area contributed by atoms with Gasteiger partial charge < -0.3 is 15.7 Å². The van der Waals surface area contributed by atoms with Crippen LogP contribution in [0.5, 0.6) is 0 Å². The second-order valence-electron chi connectivity index (χ2n) is 7.25. The average Bonchev–Trinajstić information content (AvgIpc) is 2.78. The molecule has 3 atom stereocenters. The highest BCUT2D eigenvalue weighted by molar-refractivity contribution is 5.83. The first-order valence-corrected chi connectivity index (χ1v) is 7.83. The molecule has 0 aliphatic carbocycles. The molecule has 2 amide bonds. The first kappa shape index (κ1) is 16.1.